The third kappa shape index (κ3) is 3.93. The lowest BCUT2D eigenvalue weighted by Crippen LogP contribution is -2.58. The molecule has 1 aliphatic heterocycles. The fourth-order valence-electron chi connectivity index (χ4n) is 2.64. The number of nitrogens with one attached hydrogen (secondary N) is 1. The van der Waals surface area contributed by atoms with E-state index in [1.807, 2.05) is 27.7 Å². The summed E-state index contributed by atoms with van der Waals surface area (Å²) in [6.45, 7) is 8.67. The number of piperidine rings is 1. The number of carbonyl (C=O) groups is 2. The van der Waals surface area contributed by atoms with E-state index in [9.17, 15) is 14.7 Å². The van der Waals surface area contributed by atoms with Gasteiger partial charge in [-0.15, -0.1) is 0 Å². The van der Waals surface area contributed by atoms with Crippen LogP contribution in [0.1, 0.15) is 47.0 Å². The van der Waals surface area contributed by atoms with Crippen molar-refractivity contribution in [3.63, 3.8) is 0 Å². The summed E-state index contributed by atoms with van der Waals surface area (Å²) in [4.78, 5) is 25.2. The van der Waals surface area contributed by atoms with Crippen LogP contribution < -0.4 is 5.32 Å². The zero-order valence-electron chi connectivity index (χ0n) is 12.4. The van der Waals surface area contributed by atoms with Gasteiger partial charge < -0.3 is 15.3 Å². The highest BCUT2D eigenvalue weighted by Crippen LogP contribution is 2.35. The van der Waals surface area contributed by atoms with E-state index in [1.165, 1.54) is 4.90 Å². The van der Waals surface area contributed by atoms with Crippen LogP contribution in [0.3, 0.4) is 0 Å². The van der Waals surface area contributed by atoms with Gasteiger partial charge in [0, 0.05) is 12.6 Å². The Bertz CT molecular complexity index is 342. The Morgan fingerprint density at radius 3 is 2.63 bits per heavy atom. The normalized spacial score (nSPS) is 24.0. The first-order valence-corrected chi connectivity index (χ1v) is 7.05. The smallest absolute Gasteiger partial charge is 0.326 e. The van der Waals surface area contributed by atoms with E-state index >= 15 is 0 Å². The molecular weight excluding hydrogens is 244 g/mol. The van der Waals surface area contributed by atoms with Gasteiger partial charge in [-0.05, 0) is 31.6 Å². The largest absolute Gasteiger partial charge is 0.480 e. The number of carboxylic acids is 1. The second-order valence-corrected chi connectivity index (χ2v) is 6.11. The third-order valence-corrected chi connectivity index (χ3v) is 4.04. The van der Waals surface area contributed by atoms with E-state index in [0.717, 1.165) is 19.3 Å². The SMILES string of the molecule is CCC(C)NCC(=O)N1CCCC(C)(C)C1C(=O)O. The van der Waals surface area contributed by atoms with Gasteiger partial charge in [-0.1, -0.05) is 20.8 Å². The maximum atomic E-state index is 12.2. The Hall–Kier alpha value is -1.10. The quantitative estimate of drug-likeness (QED) is 0.794. The van der Waals surface area contributed by atoms with Crippen LogP contribution in [0.5, 0.6) is 0 Å². The molecule has 1 amide bonds. The highest BCUT2D eigenvalue weighted by Gasteiger charge is 2.44. The summed E-state index contributed by atoms with van der Waals surface area (Å²) in [5.74, 6) is -1.01. The maximum absolute atomic E-state index is 12.2. The zero-order valence-corrected chi connectivity index (χ0v) is 12.4. The summed E-state index contributed by atoms with van der Waals surface area (Å²) in [5.41, 5.74) is -0.365. The van der Waals surface area contributed by atoms with Crippen molar-refractivity contribution >= 4 is 11.9 Å². The van der Waals surface area contributed by atoms with Gasteiger partial charge in [-0.25, -0.2) is 4.79 Å². The molecule has 0 aromatic rings. The first-order valence-electron chi connectivity index (χ1n) is 7.05. The van der Waals surface area contributed by atoms with E-state index < -0.39 is 12.0 Å². The van der Waals surface area contributed by atoms with Crippen LogP contribution in [-0.4, -0.2) is 47.1 Å². The van der Waals surface area contributed by atoms with E-state index in [0.29, 0.717) is 6.54 Å². The van der Waals surface area contributed by atoms with Crippen LogP contribution in [0.2, 0.25) is 0 Å². The summed E-state index contributed by atoms with van der Waals surface area (Å²) in [6.07, 6.45) is 2.65. The minimum Gasteiger partial charge on any atom is -0.480 e. The zero-order chi connectivity index (χ0) is 14.6. The van der Waals surface area contributed by atoms with Crippen LogP contribution in [0.4, 0.5) is 0 Å². The van der Waals surface area contributed by atoms with Crippen molar-refractivity contribution in [1.82, 2.24) is 10.2 Å². The molecule has 2 N–H and O–H groups in total. The molecule has 0 aromatic heterocycles. The molecule has 1 heterocycles. The van der Waals surface area contributed by atoms with Crippen molar-refractivity contribution in [3.8, 4) is 0 Å². The Labute approximate surface area is 115 Å². The van der Waals surface area contributed by atoms with Crippen LogP contribution >= 0.6 is 0 Å². The van der Waals surface area contributed by atoms with Gasteiger partial charge in [0.05, 0.1) is 6.54 Å². The van der Waals surface area contributed by atoms with Gasteiger partial charge in [0.25, 0.3) is 0 Å². The van der Waals surface area contributed by atoms with Gasteiger partial charge in [-0.3, -0.25) is 4.79 Å². The van der Waals surface area contributed by atoms with Gasteiger partial charge in [-0.2, -0.15) is 0 Å². The molecule has 0 aromatic carbocycles. The van der Waals surface area contributed by atoms with Crippen molar-refractivity contribution in [2.75, 3.05) is 13.1 Å². The number of amides is 1. The summed E-state index contributed by atoms with van der Waals surface area (Å²) >= 11 is 0. The van der Waals surface area contributed by atoms with Crippen LogP contribution in [0.25, 0.3) is 0 Å². The van der Waals surface area contributed by atoms with Crippen LogP contribution in [0.15, 0.2) is 0 Å². The molecule has 5 heteroatoms. The van der Waals surface area contributed by atoms with Crippen molar-refractivity contribution in [1.29, 1.82) is 0 Å². The third-order valence-electron chi connectivity index (χ3n) is 4.04. The van der Waals surface area contributed by atoms with Gasteiger partial charge in [0.1, 0.15) is 6.04 Å². The summed E-state index contributed by atoms with van der Waals surface area (Å²) in [5, 5.41) is 12.5. The Morgan fingerprint density at radius 1 is 1.47 bits per heavy atom. The predicted octanol–water partition coefficient (Wildman–Crippen LogP) is 1.48. The average Bonchev–Trinajstić information content (AvgIpc) is 2.33. The average molecular weight is 270 g/mol. The Balaban J connectivity index is 2.73. The summed E-state index contributed by atoms with van der Waals surface area (Å²) in [6, 6.07) is -0.447. The molecule has 2 atom stereocenters. The maximum Gasteiger partial charge on any atom is 0.326 e. The fourth-order valence-corrected chi connectivity index (χ4v) is 2.64. The molecule has 0 radical (unpaired) electrons. The van der Waals surface area contributed by atoms with Crippen molar-refractivity contribution in [3.05, 3.63) is 0 Å². The number of nitrogens with zero attached hydrogens (tertiary/aromatic N) is 1. The molecule has 0 saturated carbocycles. The second-order valence-electron chi connectivity index (χ2n) is 6.11. The van der Waals surface area contributed by atoms with E-state index in [2.05, 4.69) is 5.32 Å². The van der Waals surface area contributed by atoms with Gasteiger partial charge in [0.15, 0.2) is 0 Å². The summed E-state index contributed by atoms with van der Waals surface area (Å²) < 4.78 is 0. The minimum atomic E-state index is -0.901. The molecule has 0 spiro atoms. The number of carboxylic acid groups (broad SMARTS) is 1. The second kappa shape index (κ2) is 6.37. The number of hydrogen-bond acceptors (Lipinski definition) is 3. The lowest BCUT2D eigenvalue weighted by molar-refractivity contribution is -0.158. The molecule has 1 saturated heterocycles. The van der Waals surface area contributed by atoms with Gasteiger partial charge in [0.2, 0.25) is 5.91 Å². The van der Waals surface area contributed by atoms with E-state index in [-0.39, 0.29) is 23.9 Å². The van der Waals surface area contributed by atoms with Gasteiger partial charge >= 0.3 is 5.97 Å². The van der Waals surface area contributed by atoms with E-state index in [4.69, 9.17) is 0 Å². The number of carbonyl (C=O) groups excluding carboxylic acids is 1. The van der Waals surface area contributed by atoms with Crippen molar-refractivity contribution < 1.29 is 14.7 Å². The van der Waals surface area contributed by atoms with Crippen LogP contribution in [-0.2, 0) is 9.59 Å². The Kier molecular flexibility index (Phi) is 5.35. The van der Waals surface area contributed by atoms with Crippen LogP contribution in [0, 0.1) is 5.41 Å². The molecule has 0 bridgehead atoms. The fraction of sp³-hybridized carbons (Fsp3) is 0.857. The van der Waals surface area contributed by atoms with Crippen molar-refractivity contribution in [2.24, 2.45) is 5.41 Å². The number of hydrogen-bond donors (Lipinski definition) is 2. The summed E-state index contributed by atoms with van der Waals surface area (Å²) in [7, 11) is 0. The molecule has 1 rings (SSSR count). The molecule has 1 fully saturated rings. The number of rotatable bonds is 5. The highest BCUT2D eigenvalue weighted by molar-refractivity contribution is 5.85. The molecule has 1 aliphatic rings. The topological polar surface area (TPSA) is 69.6 Å². The standard InChI is InChI=1S/C14H26N2O3/c1-5-10(2)15-9-11(17)16-8-6-7-14(3,4)12(16)13(18)19/h10,12,15H,5-9H2,1-4H3,(H,18,19). The monoisotopic (exact) mass is 270 g/mol. The molecule has 19 heavy (non-hydrogen) atoms. The molecular formula is C14H26N2O3. The number of aliphatic carboxylic acids is 1. The minimum absolute atomic E-state index is 0.111. The first kappa shape index (κ1) is 16.0. The molecule has 0 aliphatic carbocycles. The molecule has 2 unspecified atom stereocenters. The highest BCUT2D eigenvalue weighted by atomic mass is 16.4. The number of likely N-dealkylation sites (tertiary alicyclic amines) is 1. The lowest BCUT2D eigenvalue weighted by atomic mass is 9.76. The first-order chi connectivity index (χ1) is 8.79. The van der Waals surface area contributed by atoms with Crippen molar-refractivity contribution in [2.45, 2.75) is 59.0 Å². The molecule has 110 valence electrons. The van der Waals surface area contributed by atoms with E-state index in [1.54, 1.807) is 0 Å². The lowest BCUT2D eigenvalue weighted by Gasteiger charge is -2.44. The molecule has 5 nitrogen and oxygen atoms in total. The predicted molar refractivity (Wildman–Crippen MR) is 73.9 cm³/mol. The Morgan fingerprint density at radius 2 is 2.11 bits per heavy atom.